The van der Waals surface area contributed by atoms with Gasteiger partial charge in [0.05, 0.1) is 18.2 Å². The molecule has 0 saturated carbocycles. The molecule has 0 aliphatic heterocycles. The van der Waals surface area contributed by atoms with Gasteiger partial charge >= 0.3 is 5.97 Å². The number of halogens is 1. The lowest BCUT2D eigenvalue weighted by Gasteiger charge is -2.25. The lowest BCUT2D eigenvalue weighted by Crippen LogP contribution is -2.25. The summed E-state index contributed by atoms with van der Waals surface area (Å²) in [7, 11) is 0. The van der Waals surface area contributed by atoms with Crippen molar-refractivity contribution in [1.82, 2.24) is 4.57 Å². The molecule has 1 heterocycles. The molecule has 0 radical (unpaired) electrons. The van der Waals surface area contributed by atoms with Crippen molar-refractivity contribution >= 4 is 22.6 Å². The molecule has 3 N–H and O–H groups in total. The molecule has 6 nitrogen and oxygen atoms in total. The van der Waals surface area contributed by atoms with Gasteiger partial charge < -0.3 is 20.1 Å². The maximum Gasteiger partial charge on any atom is 0.341 e. The van der Waals surface area contributed by atoms with Gasteiger partial charge in [0.15, 0.2) is 0 Å². The van der Waals surface area contributed by atoms with Crippen molar-refractivity contribution in [3.8, 4) is 0 Å². The molecule has 1 aromatic heterocycles. The number of hydrogen-bond acceptors (Lipinski definition) is 4. The summed E-state index contributed by atoms with van der Waals surface area (Å²) in [6.07, 6.45) is 1.31. The van der Waals surface area contributed by atoms with E-state index in [1.54, 1.807) is 34.9 Å². The Labute approximate surface area is 167 Å². The van der Waals surface area contributed by atoms with Crippen molar-refractivity contribution in [2.24, 2.45) is 5.92 Å². The molecular weight excluding hydrogens is 375 g/mol. The monoisotopic (exact) mass is 398 g/mol. The molecule has 0 saturated heterocycles. The second-order valence-corrected chi connectivity index (χ2v) is 7.29. The molecule has 3 aromatic rings. The number of aromatic nitrogens is 1. The van der Waals surface area contributed by atoms with Gasteiger partial charge in [-0.2, -0.15) is 0 Å². The molecule has 0 unspecified atom stereocenters. The van der Waals surface area contributed by atoms with Crippen LogP contribution in [0, 0.1) is 11.7 Å². The van der Waals surface area contributed by atoms with Gasteiger partial charge in [0.25, 0.3) is 0 Å². The van der Waals surface area contributed by atoms with Gasteiger partial charge in [-0.1, -0.05) is 26.0 Å². The predicted molar refractivity (Wildman–Crippen MR) is 110 cm³/mol. The molecule has 2 aromatic carbocycles. The first kappa shape index (κ1) is 20.5. The smallest absolute Gasteiger partial charge is 0.341 e. The van der Waals surface area contributed by atoms with Gasteiger partial charge in [-0.3, -0.25) is 4.79 Å². The van der Waals surface area contributed by atoms with E-state index in [0.717, 1.165) is 5.56 Å². The summed E-state index contributed by atoms with van der Waals surface area (Å²) in [5.74, 6) is -1.59. The highest BCUT2D eigenvalue weighted by atomic mass is 19.1. The molecule has 152 valence electrons. The Balaban J connectivity index is 2.06. The quantitative estimate of drug-likeness (QED) is 0.565. The fourth-order valence-corrected chi connectivity index (χ4v) is 3.32. The van der Waals surface area contributed by atoms with Crippen molar-refractivity contribution < 1.29 is 19.4 Å². The van der Waals surface area contributed by atoms with Crippen molar-refractivity contribution in [3.63, 3.8) is 0 Å². The number of carboxylic acids is 1. The van der Waals surface area contributed by atoms with Crippen LogP contribution in [0.5, 0.6) is 0 Å². The van der Waals surface area contributed by atoms with Crippen molar-refractivity contribution in [3.05, 3.63) is 75.8 Å². The number of aliphatic hydroxyl groups excluding tert-OH is 1. The van der Waals surface area contributed by atoms with Gasteiger partial charge in [-0.15, -0.1) is 0 Å². The van der Waals surface area contributed by atoms with Gasteiger partial charge in [-0.05, 0) is 41.8 Å². The van der Waals surface area contributed by atoms with E-state index in [-0.39, 0.29) is 35.3 Å². The lowest BCUT2D eigenvalue weighted by molar-refractivity contribution is 0.0694. The maximum absolute atomic E-state index is 13.0. The third kappa shape index (κ3) is 4.30. The highest BCUT2D eigenvalue weighted by molar-refractivity contribution is 5.93. The summed E-state index contributed by atoms with van der Waals surface area (Å²) in [6, 6.07) is 10.8. The van der Waals surface area contributed by atoms with E-state index in [2.05, 4.69) is 5.32 Å². The highest BCUT2D eigenvalue weighted by Gasteiger charge is 2.21. The van der Waals surface area contributed by atoms with E-state index in [4.69, 9.17) is 0 Å². The molecule has 7 heteroatoms. The Kier molecular flexibility index (Phi) is 5.98. The van der Waals surface area contributed by atoms with E-state index in [1.165, 1.54) is 18.3 Å². The number of fused-ring (bicyclic) bond motifs is 1. The first-order valence-electron chi connectivity index (χ1n) is 9.33. The molecule has 29 heavy (non-hydrogen) atoms. The van der Waals surface area contributed by atoms with Gasteiger partial charge in [0.2, 0.25) is 5.43 Å². The number of nitrogens with zero attached hydrogens (tertiary/aromatic N) is 1. The molecular formula is C22H23FN2O4. The number of pyridine rings is 1. The molecule has 3 rings (SSSR count). The zero-order valence-corrected chi connectivity index (χ0v) is 16.2. The maximum atomic E-state index is 13.0. The lowest BCUT2D eigenvalue weighted by atomic mass is 10.0. The average molecular weight is 398 g/mol. The first-order valence-corrected chi connectivity index (χ1v) is 9.33. The Hall–Kier alpha value is -3.19. The van der Waals surface area contributed by atoms with Crippen LogP contribution < -0.4 is 10.7 Å². The Bertz CT molecular complexity index is 1090. The van der Waals surface area contributed by atoms with Crippen LogP contribution in [0.15, 0.2) is 53.5 Å². The minimum atomic E-state index is -1.31. The van der Waals surface area contributed by atoms with Gasteiger partial charge in [0.1, 0.15) is 11.4 Å². The normalized spacial score (nSPS) is 12.3. The standard InChI is InChI=1S/C22H23FN2O4/c1-13(2)20(12-26)25-11-18(22(28)29)21(27)17-9-16(7-8-19(17)25)24-10-14-3-5-15(23)6-4-14/h3-9,11,13,20,24,26H,10,12H2,1-2H3,(H,28,29)/t20-/m1/s1. The largest absolute Gasteiger partial charge is 0.477 e. The minimum absolute atomic E-state index is 0.0311. The Morgan fingerprint density at radius 3 is 2.45 bits per heavy atom. The van der Waals surface area contributed by atoms with E-state index < -0.39 is 11.4 Å². The zero-order chi connectivity index (χ0) is 21.1. The van der Waals surface area contributed by atoms with Crippen LogP contribution in [-0.2, 0) is 6.54 Å². The van der Waals surface area contributed by atoms with E-state index in [9.17, 15) is 24.2 Å². The van der Waals surface area contributed by atoms with Crippen LogP contribution in [0.2, 0.25) is 0 Å². The summed E-state index contributed by atoms with van der Waals surface area (Å²) < 4.78 is 14.7. The molecule has 0 amide bonds. The Morgan fingerprint density at radius 1 is 1.17 bits per heavy atom. The van der Waals surface area contributed by atoms with Crippen LogP contribution in [0.3, 0.4) is 0 Å². The summed E-state index contributed by atoms with van der Waals surface area (Å²) in [4.78, 5) is 24.3. The number of carboxylic acid groups (broad SMARTS) is 1. The second-order valence-electron chi connectivity index (χ2n) is 7.29. The second kappa shape index (κ2) is 8.45. The molecule has 0 spiro atoms. The fourth-order valence-electron chi connectivity index (χ4n) is 3.32. The minimum Gasteiger partial charge on any atom is -0.477 e. The zero-order valence-electron chi connectivity index (χ0n) is 16.2. The molecule has 0 aliphatic carbocycles. The van der Waals surface area contributed by atoms with Crippen molar-refractivity contribution in [2.75, 3.05) is 11.9 Å². The summed E-state index contributed by atoms with van der Waals surface area (Å²) in [5.41, 5.74) is 1.14. The van der Waals surface area contributed by atoms with Crippen molar-refractivity contribution in [2.45, 2.75) is 26.4 Å². The van der Waals surface area contributed by atoms with Crippen LogP contribution in [0.1, 0.15) is 35.8 Å². The fraction of sp³-hybridized carbons (Fsp3) is 0.273. The number of aromatic carboxylic acids is 1. The Morgan fingerprint density at radius 2 is 1.86 bits per heavy atom. The molecule has 0 fully saturated rings. The van der Waals surface area contributed by atoms with Crippen LogP contribution in [0.25, 0.3) is 10.9 Å². The third-order valence-corrected chi connectivity index (χ3v) is 4.99. The van der Waals surface area contributed by atoms with Crippen LogP contribution >= 0.6 is 0 Å². The van der Waals surface area contributed by atoms with E-state index in [0.29, 0.717) is 17.7 Å². The topological polar surface area (TPSA) is 91.6 Å². The number of nitrogens with one attached hydrogen (secondary N) is 1. The summed E-state index contributed by atoms with van der Waals surface area (Å²) in [6.45, 7) is 4.08. The van der Waals surface area contributed by atoms with E-state index >= 15 is 0 Å². The van der Waals surface area contributed by atoms with Crippen LogP contribution in [-0.4, -0.2) is 27.4 Å². The molecule has 0 bridgehead atoms. The number of aliphatic hydroxyl groups is 1. The number of hydrogen-bond donors (Lipinski definition) is 3. The number of benzene rings is 2. The number of carbonyl (C=O) groups is 1. The highest BCUT2D eigenvalue weighted by Crippen LogP contribution is 2.25. The summed E-state index contributed by atoms with van der Waals surface area (Å²) in [5, 5.41) is 22.7. The third-order valence-electron chi connectivity index (χ3n) is 4.99. The summed E-state index contributed by atoms with van der Waals surface area (Å²) >= 11 is 0. The SMILES string of the molecule is CC(C)[C@@H](CO)n1cc(C(=O)O)c(=O)c2cc(NCc3ccc(F)cc3)ccc21. The molecule has 0 aliphatic rings. The van der Waals surface area contributed by atoms with Crippen molar-refractivity contribution in [1.29, 1.82) is 0 Å². The van der Waals surface area contributed by atoms with Crippen LogP contribution in [0.4, 0.5) is 10.1 Å². The van der Waals surface area contributed by atoms with Gasteiger partial charge in [0, 0.05) is 23.8 Å². The van der Waals surface area contributed by atoms with Gasteiger partial charge in [-0.25, -0.2) is 9.18 Å². The van der Waals surface area contributed by atoms with E-state index in [1.807, 2.05) is 13.8 Å². The average Bonchev–Trinajstić information content (AvgIpc) is 2.69. The predicted octanol–water partition coefficient (Wildman–Crippen LogP) is 3.64. The first-order chi connectivity index (χ1) is 13.8. The number of anilines is 1. The molecule has 1 atom stereocenters. The number of rotatable bonds is 7.